The molecule has 2 saturated heterocycles. The van der Waals surface area contributed by atoms with E-state index in [-0.39, 0.29) is 29.3 Å². The van der Waals surface area contributed by atoms with Crippen molar-refractivity contribution in [3.63, 3.8) is 0 Å². The summed E-state index contributed by atoms with van der Waals surface area (Å²) in [6, 6.07) is 6.32. The molecule has 2 heterocycles. The Morgan fingerprint density at radius 2 is 1.94 bits per heavy atom. The number of halogens is 2. The third-order valence-electron chi connectivity index (χ3n) is 4.48. The molecule has 0 saturated carbocycles. The predicted molar refractivity (Wildman–Crippen MR) is 71.3 cm³/mol. The summed E-state index contributed by atoms with van der Waals surface area (Å²) in [5.74, 6) is -0.281. The van der Waals surface area contributed by atoms with Crippen LogP contribution in [0.1, 0.15) is 44.3 Å². The van der Waals surface area contributed by atoms with Crippen LogP contribution in [0.25, 0.3) is 0 Å². The van der Waals surface area contributed by atoms with Crippen LogP contribution < -0.4 is 5.32 Å². The van der Waals surface area contributed by atoms with E-state index in [2.05, 4.69) is 12.2 Å². The van der Waals surface area contributed by atoms with Crippen molar-refractivity contribution < 1.29 is 9.50 Å². The number of aliphatic hydroxyl groups is 1. The first-order valence-electron chi connectivity index (χ1n) is 6.26. The summed E-state index contributed by atoms with van der Waals surface area (Å²) < 4.78 is 13.2. The molecular weight excluding hydrogens is 253 g/mol. The molecule has 18 heavy (non-hydrogen) atoms. The molecule has 2 bridgehead atoms. The minimum absolute atomic E-state index is 0. The van der Waals surface area contributed by atoms with E-state index < -0.39 is 6.10 Å². The number of fused-ring (bicyclic) bond motifs is 2. The van der Waals surface area contributed by atoms with Crippen molar-refractivity contribution in [1.29, 1.82) is 0 Å². The molecule has 0 radical (unpaired) electrons. The SMILES string of the molecule is CC12CCC([C@H](O)c3cccc(F)c3)(CC1)N2.Cl. The predicted octanol–water partition coefficient (Wildman–Crippen LogP) is 2.96. The lowest BCUT2D eigenvalue weighted by Crippen LogP contribution is -2.45. The molecule has 2 N–H and O–H groups in total. The summed E-state index contributed by atoms with van der Waals surface area (Å²) in [5.41, 5.74) is 0.625. The van der Waals surface area contributed by atoms with Crippen LogP contribution in [0.15, 0.2) is 24.3 Å². The average Bonchev–Trinajstić information content (AvgIpc) is 2.83. The Hall–Kier alpha value is -0.640. The van der Waals surface area contributed by atoms with E-state index in [1.54, 1.807) is 12.1 Å². The van der Waals surface area contributed by atoms with Crippen LogP contribution in [0.4, 0.5) is 4.39 Å². The number of rotatable bonds is 2. The van der Waals surface area contributed by atoms with Gasteiger partial charge in [-0.05, 0) is 50.3 Å². The highest BCUT2D eigenvalue weighted by Crippen LogP contribution is 2.50. The van der Waals surface area contributed by atoms with Gasteiger partial charge in [0.1, 0.15) is 5.82 Å². The minimum atomic E-state index is -0.609. The molecule has 100 valence electrons. The van der Waals surface area contributed by atoms with Crippen molar-refractivity contribution in [3.05, 3.63) is 35.6 Å². The first-order chi connectivity index (χ1) is 8.03. The van der Waals surface area contributed by atoms with E-state index >= 15 is 0 Å². The number of nitrogens with one attached hydrogen (secondary N) is 1. The van der Waals surface area contributed by atoms with E-state index in [1.165, 1.54) is 12.1 Å². The van der Waals surface area contributed by atoms with Gasteiger partial charge in [0, 0.05) is 11.1 Å². The van der Waals surface area contributed by atoms with Crippen LogP contribution in [0.5, 0.6) is 0 Å². The standard InChI is InChI=1S/C14H18FNO.ClH/c1-13-5-7-14(16-13,8-6-13)12(17)10-3-2-4-11(15)9-10;/h2-4,9,12,16-17H,5-8H2,1H3;1H/t12-,13?,14?;/m1./s1. The third-order valence-corrected chi connectivity index (χ3v) is 4.48. The Bertz CT molecular complexity index is 443. The highest BCUT2D eigenvalue weighted by molar-refractivity contribution is 5.85. The van der Waals surface area contributed by atoms with Gasteiger partial charge in [-0.15, -0.1) is 12.4 Å². The molecule has 0 aromatic heterocycles. The maximum absolute atomic E-state index is 13.2. The second-order valence-electron chi connectivity index (χ2n) is 5.80. The normalized spacial score (nSPS) is 35.3. The maximum Gasteiger partial charge on any atom is 0.123 e. The van der Waals surface area contributed by atoms with Gasteiger partial charge < -0.3 is 10.4 Å². The lowest BCUT2D eigenvalue weighted by molar-refractivity contribution is 0.0735. The quantitative estimate of drug-likeness (QED) is 0.867. The van der Waals surface area contributed by atoms with Gasteiger partial charge in [0.05, 0.1) is 6.10 Å². The molecule has 0 amide bonds. The van der Waals surface area contributed by atoms with Crippen LogP contribution in [0.3, 0.4) is 0 Å². The molecule has 1 atom stereocenters. The lowest BCUT2D eigenvalue weighted by atomic mass is 9.78. The monoisotopic (exact) mass is 271 g/mol. The van der Waals surface area contributed by atoms with Gasteiger partial charge in [-0.1, -0.05) is 12.1 Å². The summed E-state index contributed by atoms with van der Waals surface area (Å²) in [6.07, 6.45) is 3.53. The molecule has 0 spiro atoms. The molecule has 3 rings (SSSR count). The Labute approximate surface area is 113 Å². The topological polar surface area (TPSA) is 32.3 Å². The molecule has 2 aliphatic heterocycles. The number of aliphatic hydroxyl groups excluding tert-OH is 1. The summed E-state index contributed by atoms with van der Waals surface area (Å²) in [7, 11) is 0. The fourth-order valence-electron chi connectivity index (χ4n) is 3.44. The smallest absolute Gasteiger partial charge is 0.123 e. The third kappa shape index (κ3) is 2.04. The van der Waals surface area contributed by atoms with Gasteiger partial charge in [-0.25, -0.2) is 4.39 Å². The summed E-state index contributed by atoms with van der Waals surface area (Å²) >= 11 is 0. The zero-order chi connectivity index (χ0) is 12.1. The summed E-state index contributed by atoms with van der Waals surface area (Å²) in [5, 5.41) is 14.1. The zero-order valence-electron chi connectivity index (χ0n) is 10.4. The van der Waals surface area contributed by atoms with E-state index in [4.69, 9.17) is 0 Å². The number of hydrogen-bond acceptors (Lipinski definition) is 2. The molecule has 1 aromatic carbocycles. The van der Waals surface area contributed by atoms with Crippen molar-refractivity contribution in [1.82, 2.24) is 5.32 Å². The lowest BCUT2D eigenvalue weighted by Gasteiger charge is -2.32. The highest BCUT2D eigenvalue weighted by Gasteiger charge is 2.54. The van der Waals surface area contributed by atoms with Gasteiger partial charge in [-0.3, -0.25) is 0 Å². The van der Waals surface area contributed by atoms with Crippen molar-refractivity contribution in [2.45, 2.75) is 49.8 Å². The largest absolute Gasteiger partial charge is 0.386 e. The molecule has 2 nitrogen and oxygen atoms in total. The van der Waals surface area contributed by atoms with E-state index in [0.29, 0.717) is 5.56 Å². The first kappa shape index (κ1) is 13.8. The molecular formula is C14H19ClFNO. The highest BCUT2D eigenvalue weighted by atomic mass is 35.5. The van der Waals surface area contributed by atoms with Crippen LogP contribution >= 0.6 is 12.4 Å². The summed E-state index contributed by atoms with van der Waals surface area (Å²) in [6.45, 7) is 2.21. The van der Waals surface area contributed by atoms with E-state index in [1.807, 2.05) is 0 Å². The van der Waals surface area contributed by atoms with Crippen molar-refractivity contribution in [2.24, 2.45) is 0 Å². The Morgan fingerprint density at radius 3 is 2.44 bits per heavy atom. The van der Waals surface area contributed by atoms with Crippen LogP contribution in [0.2, 0.25) is 0 Å². The Morgan fingerprint density at radius 1 is 1.28 bits per heavy atom. The van der Waals surface area contributed by atoms with E-state index in [0.717, 1.165) is 25.7 Å². The minimum Gasteiger partial charge on any atom is -0.386 e. The first-order valence-corrected chi connectivity index (χ1v) is 6.26. The van der Waals surface area contributed by atoms with Gasteiger partial charge >= 0.3 is 0 Å². The molecule has 1 aromatic rings. The Kier molecular flexibility index (Phi) is 3.43. The fourth-order valence-corrected chi connectivity index (χ4v) is 3.44. The molecule has 0 unspecified atom stereocenters. The van der Waals surface area contributed by atoms with Gasteiger partial charge in [-0.2, -0.15) is 0 Å². The van der Waals surface area contributed by atoms with Crippen LogP contribution in [-0.2, 0) is 0 Å². The fraction of sp³-hybridized carbons (Fsp3) is 0.571. The van der Waals surface area contributed by atoms with Gasteiger partial charge in [0.25, 0.3) is 0 Å². The van der Waals surface area contributed by atoms with Gasteiger partial charge in [0.2, 0.25) is 0 Å². The van der Waals surface area contributed by atoms with Crippen LogP contribution in [-0.4, -0.2) is 16.2 Å². The zero-order valence-corrected chi connectivity index (χ0v) is 11.3. The van der Waals surface area contributed by atoms with E-state index in [9.17, 15) is 9.50 Å². The summed E-state index contributed by atoms with van der Waals surface area (Å²) in [4.78, 5) is 0. The molecule has 4 heteroatoms. The van der Waals surface area contributed by atoms with Crippen molar-refractivity contribution >= 4 is 12.4 Å². The molecule has 0 aliphatic carbocycles. The second-order valence-corrected chi connectivity index (χ2v) is 5.80. The average molecular weight is 272 g/mol. The van der Waals surface area contributed by atoms with Crippen molar-refractivity contribution in [2.75, 3.05) is 0 Å². The Balaban J connectivity index is 0.00000120. The molecule has 2 fully saturated rings. The van der Waals surface area contributed by atoms with Crippen molar-refractivity contribution in [3.8, 4) is 0 Å². The van der Waals surface area contributed by atoms with Gasteiger partial charge in [0.15, 0.2) is 0 Å². The maximum atomic E-state index is 13.2. The second kappa shape index (κ2) is 4.48. The number of benzene rings is 1. The number of hydrogen-bond donors (Lipinski definition) is 2. The van der Waals surface area contributed by atoms with Crippen LogP contribution in [0, 0.1) is 5.82 Å². The molecule has 2 aliphatic rings.